The van der Waals surface area contributed by atoms with Gasteiger partial charge in [-0.1, -0.05) is 12.1 Å². The maximum atomic E-state index is 13.2. The molecule has 2 aromatic heterocycles. The molecule has 0 aliphatic heterocycles. The Kier molecular flexibility index (Phi) is 6.10. The lowest BCUT2D eigenvalue weighted by Crippen LogP contribution is -2.23. The van der Waals surface area contributed by atoms with Crippen molar-refractivity contribution in [2.24, 2.45) is 0 Å². The Morgan fingerprint density at radius 1 is 1.24 bits per heavy atom. The van der Waals surface area contributed by atoms with E-state index >= 15 is 0 Å². The second-order valence-electron chi connectivity index (χ2n) is 6.39. The molecule has 0 saturated heterocycles. The summed E-state index contributed by atoms with van der Waals surface area (Å²) in [6, 6.07) is 9.72. The van der Waals surface area contributed by atoms with Gasteiger partial charge in [0.2, 0.25) is 0 Å². The first kappa shape index (κ1) is 20.3. The van der Waals surface area contributed by atoms with Gasteiger partial charge in [-0.3, -0.25) is 4.79 Å². The number of rotatable bonds is 6. The number of amides is 1. The lowest BCUT2D eigenvalue weighted by atomic mass is 10.2. The minimum absolute atomic E-state index is 0.323. The van der Waals surface area contributed by atoms with Gasteiger partial charge in [0.25, 0.3) is 5.91 Å². The minimum Gasteiger partial charge on any atom is -0.452 e. The van der Waals surface area contributed by atoms with Crippen LogP contribution in [-0.4, -0.2) is 23.1 Å². The topological polar surface area (TPSA) is 84.1 Å². The molecule has 0 radical (unpaired) electrons. The molecule has 6 nitrogen and oxygen atoms in total. The summed E-state index contributed by atoms with van der Waals surface area (Å²) in [7, 11) is 0. The molecule has 1 aromatic carbocycles. The maximum absolute atomic E-state index is 13.2. The number of benzene rings is 1. The lowest BCUT2D eigenvalue weighted by Gasteiger charge is -2.13. The molecule has 29 heavy (non-hydrogen) atoms. The zero-order valence-electron chi connectivity index (χ0n) is 15.9. The number of hydrogen-bond donors (Lipinski definition) is 1. The summed E-state index contributed by atoms with van der Waals surface area (Å²) in [6.07, 6.45) is 0. The predicted octanol–water partition coefficient (Wildman–Crippen LogP) is 4.02. The fraction of sp³-hybridized carbons (Fsp3) is 0.190. The van der Waals surface area contributed by atoms with E-state index in [0.717, 1.165) is 16.8 Å². The van der Waals surface area contributed by atoms with Gasteiger partial charge in [-0.25, -0.2) is 9.18 Å². The monoisotopic (exact) mass is 411 g/mol. The molecule has 1 amide bonds. The zero-order valence-corrected chi connectivity index (χ0v) is 16.7. The number of anilines is 1. The van der Waals surface area contributed by atoms with E-state index in [2.05, 4.69) is 11.4 Å². The fourth-order valence-corrected chi connectivity index (χ4v) is 3.49. The summed E-state index contributed by atoms with van der Waals surface area (Å²) in [5.41, 5.74) is 3.07. The third-order valence-corrected chi connectivity index (χ3v) is 5.23. The number of nitrogens with one attached hydrogen (secondary N) is 1. The molecule has 0 aliphatic carbocycles. The number of carbonyl (C=O) groups excluding carboxylic acids is 2. The van der Waals surface area contributed by atoms with Crippen LogP contribution in [0.15, 0.2) is 41.1 Å². The first-order valence-corrected chi connectivity index (χ1v) is 9.68. The van der Waals surface area contributed by atoms with Crippen LogP contribution in [0.3, 0.4) is 0 Å². The van der Waals surface area contributed by atoms with Crippen molar-refractivity contribution in [3.8, 4) is 6.07 Å². The number of thiophene rings is 1. The highest BCUT2D eigenvalue weighted by atomic mass is 32.1. The van der Waals surface area contributed by atoms with Gasteiger partial charge in [0.1, 0.15) is 17.7 Å². The second kappa shape index (κ2) is 8.71. The highest BCUT2D eigenvalue weighted by Crippen LogP contribution is 2.27. The maximum Gasteiger partial charge on any atom is 0.339 e. The Morgan fingerprint density at radius 2 is 1.97 bits per heavy atom. The van der Waals surface area contributed by atoms with Crippen LogP contribution >= 0.6 is 11.3 Å². The van der Waals surface area contributed by atoms with Gasteiger partial charge in [0, 0.05) is 17.6 Å². The molecular weight excluding hydrogens is 393 g/mol. The van der Waals surface area contributed by atoms with Crippen LogP contribution < -0.4 is 5.32 Å². The van der Waals surface area contributed by atoms with E-state index in [1.165, 1.54) is 23.5 Å². The van der Waals surface area contributed by atoms with E-state index in [4.69, 9.17) is 4.74 Å². The molecule has 1 N–H and O–H groups in total. The van der Waals surface area contributed by atoms with E-state index in [1.54, 1.807) is 40.5 Å². The zero-order chi connectivity index (χ0) is 21.0. The molecule has 0 unspecified atom stereocenters. The highest BCUT2D eigenvalue weighted by molar-refractivity contribution is 7.08. The number of nitriles is 1. The van der Waals surface area contributed by atoms with Gasteiger partial charge < -0.3 is 14.6 Å². The standard InChI is InChI=1S/C21H18FN3O3S/c1-13-14(2)25(10-15-3-5-17(22)6-4-15)20(18(13)9-23)24-19(26)11-28-21(27)16-7-8-29-12-16/h3-8,12H,10-11H2,1-2H3,(H,24,26). The largest absolute Gasteiger partial charge is 0.452 e. The van der Waals surface area contributed by atoms with Crippen LogP contribution in [0.1, 0.15) is 32.7 Å². The second-order valence-corrected chi connectivity index (χ2v) is 7.17. The molecule has 3 aromatic rings. The van der Waals surface area contributed by atoms with Crippen molar-refractivity contribution in [3.63, 3.8) is 0 Å². The molecule has 0 bridgehead atoms. The van der Waals surface area contributed by atoms with Gasteiger partial charge in [-0.05, 0) is 48.6 Å². The predicted molar refractivity (Wildman–Crippen MR) is 107 cm³/mol. The number of halogens is 1. The molecule has 0 saturated carbocycles. The number of hydrogen-bond acceptors (Lipinski definition) is 5. The van der Waals surface area contributed by atoms with E-state index in [9.17, 15) is 19.2 Å². The van der Waals surface area contributed by atoms with Crippen LogP contribution in [0.5, 0.6) is 0 Å². The molecule has 0 fully saturated rings. The molecule has 2 heterocycles. The third kappa shape index (κ3) is 4.52. The average molecular weight is 411 g/mol. The number of nitrogens with zero attached hydrogens (tertiary/aromatic N) is 2. The van der Waals surface area contributed by atoms with Crippen LogP contribution in [-0.2, 0) is 16.1 Å². The van der Waals surface area contributed by atoms with Crippen LogP contribution in [0.2, 0.25) is 0 Å². The van der Waals surface area contributed by atoms with Gasteiger partial charge in [-0.15, -0.1) is 0 Å². The average Bonchev–Trinajstić information content (AvgIpc) is 3.32. The van der Waals surface area contributed by atoms with Crippen LogP contribution in [0.25, 0.3) is 0 Å². The number of esters is 1. The van der Waals surface area contributed by atoms with Crippen molar-refractivity contribution in [1.82, 2.24) is 4.57 Å². The van der Waals surface area contributed by atoms with Crippen LogP contribution in [0, 0.1) is 31.0 Å². The van der Waals surface area contributed by atoms with Gasteiger partial charge >= 0.3 is 5.97 Å². The van der Waals surface area contributed by atoms with E-state index < -0.39 is 18.5 Å². The molecule has 0 aliphatic rings. The van der Waals surface area contributed by atoms with Crippen LogP contribution in [0.4, 0.5) is 10.2 Å². The van der Waals surface area contributed by atoms with Gasteiger partial charge in [0.15, 0.2) is 6.61 Å². The van der Waals surface area contributed by atoms with E-state index in [0.29, 0.717) is 23.5 Å². The molecule has 148 valence electrons. The Balaban J connectivity index is 1.79. The van der Waals surface area contributed by atoms with Gasteiger partial charge in [-0.2, -0.15) is 16.6 Å². The molecule has 0 atom stereocenters. The summed E-state index contributed by atoms with van der Waals surface area (Å²) in [5.74, 6) is -1.16. The highest BCUT2D eigenvalue weighted by Gasteiger charge is 2.20. The van der Waals surface area contributed by atoms with E-state index in [1.807, 2.05) is 6.92 Å². The molecule has 8 heteroatoms. The van der Waals surface area contributed by atoms with Gasteiger partial charge in [0.05, 0.1) is 11.1 Å². The Labute approximate surface area is 171 Å². The number of ether oxygens (including phenoxy) is 1. The summed E-state index contributed by atoms with van der Waals surface area (Å²) in [5, 5.41) is 15.6. The number of carbonyl (C=O) groups is 2. The fourth-order valence-electron chi connectivity index (χ4n) is 2.86. The summed E-state index contributed by atoms with van der Waals surface area (Å²) in [6.45, 7) is 3.51. The Hall–Kier alpha value is -3.44. The first-order valence-electron chi connectivity index (χ1n) is 8.74. The smallest absolute Gasteiger partial charge is 0.339 e. The van der Waals surface area contributed by atoms with Crippen molar-refractivity contribution < 1.29 is 18.7 Å². The van der Waals surface area contributed by atoms with Crippen molar-refractivity contribution in [3.05, 3.63) is 74.9 Å². The Morgan fingerprint density at radius 3 is 2.59 bits per heavy atom. The summed E-state index contributed by atoms with van der Waals surface area (Å²) < 4.78 is 20.0. The Bertz CT molecular complexity index is 1080. The number of aromatic nitrogens is 1. The van der Waals surface area contributed by atoms with E-state index in [-0.39, 0.29) is 5.82 Å². The normalized spacial score (nSPS) is 10.4. The summed E-state index contributed by atoms with van der Waals surface area (Å²) in [4.78, 5) is 24.3. The third-order valence-electron chi connectivity index (χ3n) is 4.54. The SMILES string of the molecule is Cc1c(C#N)c(NC(=O)COC(=O)c2ccsc2)n(Cc2ccc(F)cc2)c1C. The molecular formula is C21H18FN3O3S. The molecule has 0 spiro atoms. The van der Waals surface area contributed by atoms with Crippen molar-refractivity contribution in [2.45, 2.75) is 20.4 Å². The molecule has 3 rings (SSSR count). The lowest BCUT2D eigenvalue weighted by molar-refractivity contribution is -0.119. The van der Waals surface area contributed by atoms with Crippen molar-refractivity contribution in [2.75, 3.05) is 11.9 Å². The quantitative estimate of drug-likeness (QED) is 0.621. The van der Waals surface area contributed by atoms with Crippen molar-refractivity contribution >= 4 is 29.0 Å². The first-order chi connectivity index (χ1) is 13.9. The minimum atomic E-state index is -0.587. The summed E-state index contributed by atoms with van der Waals surface area (Å²) >= 11 is 1.35. The van der Waals surface area contributed by atoms with Crippen molar-refractivity contribution in [1.29, 1.82) is 5.26 Å².